The van der Waals surface area contributed by atoms with Crippen LogP contribution in [0.1, 0.15) is 38.1 Å². The highest BCUT2D eigenvalue weighted by Crippen LogP contribution is 2.13. The van der Waals surface area contributed by atoms with Crippen LogP contribution in [0.15, 0.2) is 36.4 Å². The Morgan fingerprint density at radius 2 is 1.83 bits per heavy atom. The Bertz CT molecular complexity index is 427. The molecule has 0 saturated carbocycles. The van der Waals surface area contributed by atoms with Gasteiger partial charge < -0.3 is 10.1 Å². The Morgan fingerprint density at radius 3 is 2.28 bits per heavy atom. The van der Waals surface area contributed by atoms with E-state index in [1.54, 1.807) is 24.3 Å². The van der Waals surface area contributed by atoms with Crippen LogP contribution < -0.4 is 10.1 Å². The fourth-order valence-corrected chi connectivity index (χ4v) is 1.32. The topological polar surface area (TPSA) is 38.3 Å². The smallest absolute Gasteiger partial charge is 0.251 e. The average molecular weight is 247 g/mol. The molecule has 98 valence electrons. The van der Waals surface area contributed by atoms with Crippen molar-refractivity contribution >= 4 is 5.91 Å². The van der Waals surface area contributed by atoms with Gasteiger partial charge in [-0.3, -0.25) is 4.79 Å². The summed E-state index contributed by atoms with van der Waals surface area (Å²) in [5.74, 6) is 0.666. The van der Waals surface area contributed by atoms with Gasteiger partial charge in [-0.2, -0.15) is 0 Å². The summed E-state index contributed by atoms with van der Waals surface area (Å²) in [7, 11) is 0. The number of rotatable bonds is 4. The standard InChI is InChI=1S/C15H21NO2/c1-11(2)10-18-13-8-6-12(7-9-13)14(17)16-15(3,4)5/h6-9H,1,10H2,2-5H3,(H,16,17). The Balaban J connectivity index is 2.65. The molecule has 0 bridgehead atoms. The minimum absolute atomic E-state index is 0.0750. The zero-order valence-corrected chi connectivity index (χ0v) is 11.5. The maximum absolute atomic E-state index is 11.9. The van der Waals surface area contributed by atoms with Gasteiger partial charge in [-0.15, -0.1) is 0 Å². The number of carbonyl (C=O) groups excluding carboxylic acids is 1. The zero-order chi connectivity index (χ0) is 13.8. The van der Waals surface area contributed by atoms with E-state index in [9.17, 15) is 4.79 Å². The van der Waals surface area contributed by atoms with Crippen LogP contribution in [0.5, 0.6) is 5.75 Å². The van der Waals surface area contributed by atoms with E-state index in [2.05, 4.69) is 11.9 Å². The fourth-order valence-electron chi connectivity index (χ4n) is 1.32. The number of benzene rings is 1. The highest BCUT2D eigenvalue weighted by Gasteiger charge is 2.14. The van der Waals surface area contributed by atoms with Gasteiger partial charge in [0, 0.05) is 11.1 Å². The highest BCUT2D eigenvalue weighted by atomic mass is 16.5. The van der Waals surface area contributed by atoms with Crippen molar-refractivity contribution in [3.8, 4) is 5.75 Å². The third-order valence-electron chi connectivity index (χ3n) is 2.09. The quantitative estimate of drug-likeness (QED) is 0.830. The number of hydrogen-bond donors (Lipinski definition) is 1. The van der Waals surface area contributed by atoms with E-state index < -0.39 is 0 Å². The van der Waals surface area contributed by atoms with Gasteiger partial charge in [0.1, 0.15) is 12.4 Å². The molecule has 1 aromatic carbocycles. The lowest BCUT2D eigenvalue weighted by Crippen LogP contribution is -2.40. The molecule has 3 heteroatoms. The summed E-state index contributed by atoms with van der Waals surface area (Å²) in [6.07, 6.45) is 0. The third-order valence-corrected chi connectivity index (χ3v) is 2.09. The summed E-state index contributed by atoms with van der Waals surface area (Å²) < 4.78 is 5.47. The van der Waals surface area contributed by atoms with E-state index in [4.69, 9.17) is 4.74 Å². The van der Waals surface area contributed by atoms with Crippen molar-refractivity contribution in [3.63, 3.8) is 0 Å². The van der Waals surface area contributed by atoms with Crippen LogP contribution in [0.2, 0.25) is 0 Å². The van der Waals surface area contributed by atoms with E-state index in [1.807, 2.05) is 27.7 Å². The summed E-state index contributed by atoms with van der Waals surface area (Å²) in [5, 5.41) is 2.91. The Kier molecular flexibility index (Phi) is 4.54. The molecule has 1 N–H and O–H groups in total. The number of carbonyl (C=O) groups is 1. The van der Waals surface area contributed by atoms with Gasteiger partial charge >= 0.3 is 0 Å². The van der Waals surface area contributed by atoms with E-state index in [0.717, 1.165) is 11.3 Å². The Morgan fingerprint density at radius 1 is 1.28 bits per heavy atom. The first-order chi connectivity index (χ1) is 8.28. The molecule has 0 aliphatic rings. The van der Waals surface area contributed by atoms with Crippen LogP contribution in [0, 0.1) is 0 Å². The van der Waals surface area contributed by atoms with Gasteiger partial charge in [0.25, 0.3) is 5.91 Å². The van der Waals surface area contributed by atoms with Crippen molar-refractivity contribution in [2.45, 2.75) is 33.2 Å². The van der Waals surface area contributed by atoms with Crippen LogP contribution in [0.3, 0.4) is 0 Å². The van der Waals surface area contributed by atoms with Crippen LogP contribution in [0.25, 0.3) is 0 Å². The summed E-state index contributed by atoms with van der Waals surface area (Å²) in [4.78, 5) is 11.9. The largest absolute Gasteiger partial charge is 0.489 e. The lowest BCUT2D eigenvalue weighted by atomic mass is 10.1. The Hall–Kier alpha value is -1.77. The molecule has 18 heavy (non-hydrogen) atoms. The molecular weight excluding hydrogens is 226 g/mol. The van der Waals surface area contributed by atoms with Gasteiger partial charge in [-0.05, 0) is 57.5 Å². The molecule has 0 saturated heterocycles. The van der Waals surface area contributed by atoms with E-state index in [0.29, 0.717) is 12.2 Å². The van der Waals surface area contributed by atoms with E-state index in [-0.39, 0.29) is 11.4 Å². The molecule has 0 heterocycles. The fraction of sp³-hybridized carbons (Fsp3) is 0.400. The van der Waals surface area contributed by atoms with Crippen molar-refractivity contribution in [1.82, 2.24) is 5.32 Å². The van der Waals surface area contributed by atoms with Crippen molar-refractivity contribution in [2.24, 2.45) is 0 Å². The number of ether oxygens (including phenoxy) is 1. The van der Waals surface area contributed by atoms with Crippen LogP contribution in [-0.2, 0) is 0 Å². The predicted molar refractivity (Wildman–Crippen MR) is 74.0 cm³/mol. The SMILES string of the molecule is C=C(C)COc1ccc(C(=O)NC(C)(C)C)cc1. The lowest BCUT2D eigenvalue weighted by Gasteiger charge is -2.20. The van der Waals surface area contributed by atoms with E-state index >= 15 is 0 Å². The normalized spacial score (nSPS) is 10.9. The first kappa shape index (κ1) is 14.3. The molecule has 3 nitrogen and oxygen atoms in total. The molecule has 1 aromatic rings. The van der Waals surface area contributed by atoms with Crippen molar-refractivity contribution in [2.75, 3.05) is 6.61 Å². The summed E-state index contributed by atoms with van der Waals surface area (Å²) in [6, 6.07) is 7.10. The molecule has 0 unspecified atom stereocenters. The monoisotopic (exact) mass is 247 g/mol. The molecular formula is C15H21NO2. The molecule has 0 aromatic heterocycles. The average Bonchev–Trinajstić information content (AvgIpc) is 2.24. The second kappa shape index (κ2) is 5.71. The second-order valence-electron chi connectivity index (χ2n) is 5.47. The zero-order valence-electron chi connectivity index (χ0n) is 11.5. The molecule has 0 fully saturated rings. The second-order valence-corrected chi connectivity index (χ2v) is 5.47. The van der Waals surface area contributed by atoms with Crippen molar-refractivity contribution in [1.29, 1.82) is 0 Å². The minimum Gasteiger partial charge on any atom is -0.489 e. The molecule has 0 atom stereocenters. The van der Waals surface area contributed by atoms with Gasteiger partial charge in [0.05, 0.1) is 0 Å². The van der Waals surface area contributed by atoms with Gasteiger partial charge in [0.15, 0.2) is 0 Å². The maximum Gasteiger partial charge on any atom is 0.251 e. The molecule has 0 aliphatic heterocycles. The highest BCUT2D eigenvalue weighted by molar-refractivity contribution is 5.94. The third kappa shape index (κ3) is 5.04. The molecule has 1 amide bonds. The van der Waals surface area contributed by atoms with Crippen LogP contribution in [0.4, 0.5) is 0 Å². The van der Waals surface area contributed by atoms with Gasteiger partial charge in [0.2, 0.25) is 0 Å². The van der Waals surface area contributed by atoms with Crippen LogP contribution >= 0.6 is 0 Å². The molecule has 1 rings (SSSR count). The first-order valence-corrected chi connectivity index (χ1v) is 5.98. The maximum atomic E-state index is 11.9. The summed E-state index contributed by atoms with van der Waals surface area (Å²) >= 11 is 0. The molecule has 0 radical (unpaired) electrons. The first-order valence-electron chi connectivity index (χ1n) is 5.98. The predicted octanol–water partition coefficient (Wildman–Crippen LogP) is 3.17. The van der Waals surface area contributed by atoms with Crippen molar-refractivity contribution < 1.29 is 9.53 Å². The molecule has 0 aliphatic carbocycles. The van der Waals surface area contributed by atoms with Crippen molar-refractivity contribution in [3.05, 3.63) is 42.0 Å². The van der Waals surface area contributed by atoms with Gasteiger partial charge in [-0.1, -0.05) is 6.58 Å². The number of amides is 1. The number of hydrogen-bond acceptors (Lipinski definition) is 2. The number of nitrogens with one attached hydrogen (secondary N) is 1. The Labute approximate surface area is 109 Å². The van der Waals surface area contributed by atoms with Gasteiger partial charge in [-0.25, -0.2) is 0 Å². The van der Waals surface area contributed by atoms with Crippen LogP contribution in [-0.4, -0.2) is 18.1 Å². The molecule has 0 spiro atoms. The summed E-state index contributed by atoms with van der Waals surface area (Å²) in [5.41, 5.74) is 1.36. The minimum atomic E-state index is -0.230. The lowest BCUT2D eigenvalue weighted by molar-refractivity contribution is 0.0919. The van der Waals surface area contributed by atoms with E-state index in [1.165, 1.54) is 0 Å². The summed E-state index contributed by atoms with van der Waals surface area (Å²) in [6.45, 7) is 12.0.